The fourth-order valence-electron chi connectivity index (χ4n) is 2.86. The largest absolute Gasteiger partial charge is 0.451 e. The van der Waals surface area contributed by atoms with Crippen LogP contribution in [0.4, 0.5) is 4.39 Å². The van der Waals surface area contributed by atoms with E-state index >= 15 is 0 Å². The van der Waals surface area contributed by atoms with Crippen LogP contribution in [0.5, 0.6) is 0 Å². The zero-order chi connectivity index (χ0) is 19.0. The van der Waals surface area contributed by atoms with Gasteiger partial charge >= 0.3 is 5.97 Å². The number of esters is 1. The van der Waals surface area contributed by atoms with Crippen molar-refractivity contribution in [2.45, 2.75) is 26.9 Å². The number of hydrogen-bond acceptors (Lipinski definition) is 5. The summed E-state index contributed by atoms with van der Waals surface area (Å²) in [4.78, 5) is 29.5. The van der Waals surface area contributed by atoms with Crippen molar-refractivity contribution in [2.24, 2.45) is 7.05 Å². The normalized spacial score (nSPS) is 12.2. The number of ketones is 1. The van der Waals surface area contributed by atoms with Gasteiger partial charge in [-0.15, -0.1) is 0 Å². The van der Waals surface area contributed by atoms with Gasteiger partial charge in [-0.25, -0.2) is 14.2 Å². The molecule has 1 atom stereocenters. The Morgan fingerprint density at radius 3 is 2.50 bits per heavy atom. The summed E-state index contributed by atoms with van der Waals surface area (Å²) in [6, 6.07) is 6.73. The molecule has 0 aliphatic carbocycles. The summed E-state index contributed by atoms with van der Waals surface area (Å²) < 4.78 is 20.0. The summed E-state index contributed by atoms with van der Waals surface area (Å²) in [6.07, 6.45) is -1.01. The average Bonchev–Trinajstić information content (AvgIpc) is 2.88. The third-order valence-electron chi connectivity index (χ3n) is 4.10. The minimum Gasteiger partial charge on any atom is -0.451 e. The second-order valence-corrected chi connectivity index (χ2v) is 6.14. The molecule has 134 valence electrons. The molecular formula is C19H18FN3O3. The Labute approximate surface area is 149 Å². The molecule has 0 N–H and O–H groups in total. The Hall–Kier alpha value is -3.09. The number of rotatable bonds is 4. The fourth-order valence-corrected chi connectivity index (χ4v) is 2.86. The van der Waals surface area contributed by atoms with Gasteiger partial charge in [0.2, 0.25) is 5.78 Å². The lowest BCUT2D eigenvalue weighted by molar-refractivity contribution is 0.0320. The molecule has 0 aliphatic heterocycles. The van der Waals surface area contributed by atoms with Gasteiger partial charge in [0.1, 0.15) is 5.82 Å². The molecule has 7 heteroatoms. The van der Waals surface area contributed by atoms with Crippen molar-refractivity contribution in [3.8, 4) is 0 Å². The molecule has 6 nitrogen and oxygen atoms in total. The van der Waals surface area contributed by atoms with Gasteiger partial charge in [-0.2, -0.15) is 5.10 Å². The van der Waals surface area contributed by atoms with Crippen LogP contribution >= 0.6 is 0 Å². The third kappa shape index (κ3) is 3.20. The molecule has 2 heterocycles. The first-order valence-electron chi connectivity index (χ1n) is 8.09. The summed E-state index contributed by atoms with van der Waals surface area (Å²) in [5, 5.41) is 4.89. The number of pyridine rings is 1. The van der Waals surface area contributed by atoms with Crippen LogP contribution < -0.4 is 0 Å². The lowest BCUT2D eigenvalue weighted by Gasteiger charge is -2.13. The van der Waals surface area contributed by atoms with Crippen molar-refractivity contribution in [1.82, 2.24) is 14.8 Å². The SMILES string of the molecule is Cc1cc(C(=O)OC(C)C(=O)c2ccc(F)cc2)c2c(C)nn(C)c2n1. The quantitative estimate of drug-likeness (QED) is 0.531. The van der Waals surface area contributed by atoms with Crippen molar-refractivity contribution >= 4 is 22.8 Å². The number of carbonyl (C=O) groups is 2. The number of benzene rings is 1. The molecule has 0 bridgehead atoms. The number of aryl methyl sites for hydroxylation is 3. The zero-order valence-corrected chi connectivity index (χ0v) is 14.9. The summed E-state index contributed by atoms with van der Waals surface area (Å²) in [6.45, 7) is 5.04. The van der Waals surface area contributed by atoms with E-state index in [1.807, 2.05) is 0 Å². The lowest BCUT2D eigenvalue weighted by Crippen LogP contribution is -2.24. The first kappa shape index (κ1) is 17.7. The number of aromatic nitrogens is 3. The second-order valence-electron chi connectivity index (χ2n) is 6.14. The molecule has 0 aliphatic rings. The fraction of sp³-hybridized carbons (Fsp3) is 0.263. The van der Waals surface area contributed by atoms with Gasteiger partial charge in [-0.3, -0.25) is 9.48 Å². The maximum absolute atomic E-state index is 13.0. The Morgan fingerprint density at radius 1 is 1.19 bits per heavy atom. The predicted molar refractivity (Wildman–Crippen MR) is 93.6 cm³/mol. The summed E-state index contributed by atoms with van der Waals surface area (Å²) in [5.41, 5.74) is 2.47. The standard InChI is InChI=1S/C19H18FN3O3/c1-10-9-15(16-11(2)22-23(4)18(16)21-10)19(25)26-12(3)17(24)13-5-7-14(20)8-6-13/h5-9,12H,1-4H3. The maximum atomic E-state index is 13.0. The van der Waals surface area contributed by atoms with E-state index in [2.05, 4.69) is 10.1 Å². The highest BCUT2D eigenvalue weighted by Crippen LogP contribution is 2.23. The molecule has 0 spiro atoms. The monoisotopic (exact) mass is 355 g/mol. The van der Waals surface area contributed by atoms with Crippen LogP contribution in [0.25, 0.3) is 11.0 Å². The van der Waals surface area contributed by atoms with E-state index in [9.17, 15) is 14.0 Å². The van der Waals surface area contributed by atoms with Crippen LogP contribution in [0, 0.1) is 19.7 Å². The Morgan fingerprint density at radius 2 is 1.85 bits per heavy atom. The highest BCUT2D eigenvalue weighted by atomic mass is 19.1. The summed E-state index contributed by atoms with van der Waals surface area (Å²) in [5.74, 6) is -1.46. The molecule has 3 aromatic rings. The van der Waals surface area contributed by atoms with Gasteiger partial charge < -0.3 is 4.74 Å². The summed E-state index contributed by atoms with van der Waals surface area (Å²) in [7, 11) is 1.75. The van der Waals surface area contributed by atoms with E-state index in [4.69, 9.17) is 4.74 Å². The topological polar surface area (TPSA) is 74.1 Å². The van der Waals surface area contributed by atoms with E-state index in [-0.39, 0.29) is 5.56 Å². The highest BCUT2D eigenvalue weighted by Gasteiger charge is 2.24. The molecule has 0 amide bonds. The smallest absolute Gasteiger partial charge is 0.339 e. The minimum absolute atomic E-state index is 0.278. The van der Waals surface area contributed by atoms with Gasteiger partial charge in [0.25, 0.3) is 0 Å². The number of carbonyl (C=O) groups excluding carboxylic acids is 2. The molecule has 1 unspecified atom stereocenters. The predicted octanol–water partition coefficient (Wildman–Crippen LogP) is 3.15. The minimum atomic E-state index is -1.01. The molecule has 0 saturated heterocycles. The van der Waals surface area contributed by atoms with Crippen molar-refractivity contribution < 1.29 is 18.7 Å². The number of Topliss-reactive ketones (excluding diaryl/α,β-unsaturated/α-hetero) is 1. The van der Waals surface area contributed by atoms with Crippen molar-refractivity contribution in [2.75, 3.05) is 0 Å². The average molecular weight is 355 g/mol. The van der Waals surface area contributed by atoms with E-state index in [1.54, 1.807) is 31.6 Å². The molecule has 2 aromatic heterocycles. The van der Waals surface area contributed by atoms with Crippen molar-refractivity contribution in [3.63, 3.8) is 0 Å². The summed E-state index contributed by atoms with van der Waals surface area (Å²) >= 11 is 0. The lowest BCUT2D eigenvalue weighted by atomic mass is 10.1. The van der Waals surface area contributed by atoms with Crippen molar-refractivity contribution in [1.29, 1.82) is 0 Å². The van der Waals surface area contributed by atoms with Gasteiger partial charge in [-0.1, -0.05) is 0 Å². The number of fused-ring (bicyclic) bond motifs is 1. The van der Waals surface area contributed by atoms with E-state index in [0.29, 0.717) is 28.0 Å². The van der Waals surface area contributed by atoms with Crippen LogP contribution in [0.2, 0.25) is 0 Å². The molecule has 0 saturated carbocycles. The van der Waals surface area contributed by atoms with E-state index in [1.165, 1.54) is 31.2 Å². The third-order valence-corrected chi connectivity index (χ3v) is 4.10. The van der Waals surface area contributed by atoms with Crippen LogP contribution in [-0.4, -0.2) is 32.6 Å². The van der Waals surface area contributed by atoms with Crippen LogP contribution in [-0.2, 0) is 11.8 Å². The zero-order valence-electron chi connectivity index (χ0n) is 14.9. The molecule has 0 fully saturated rings. The van der Waals surface area contributed by atoms with Crippen molar-refractivity contribution in [3.05, 3.63) is 58.7 Å². The molecule has 0 radical (unpaired) electrons. The number of halogens is 1. The Kier molecular flexibility index (Phi) is 4.54. The van der Waals surface area contributed by atoms with Crippen LogP contribution in [0.15, 0.2) is 30.3 Å². The van der Waals surface area contributed by atoms with Gasteiger partial charge in [0, 0.05) is 18.3 Å². The molecule has 3 rings (SSSR count). The van der Waals surface area contributed by atoms with Crippen LogP contribution in [0.1, 0.15) is 39.0 Å². The van der Waals surface area contributed by atoms with Gasteiger partial charge in [-0.05, 0) is 51.1 Å². The van der Waals surface area contributed by atoms with Crippen LogP contribution in [0.3, 0.4) is 0 Å². The number of hydrogen-bond donors (Lipinski definition) is 0. The number of nitrogens with zero attached hydrogens (tertiary/aromatic N) is 3. The molecular weight excluding hydrogens is 337 g/mol. The Bertz CT molecular complexity index is 1010. The Balaban J connectivity index is 1.89. The van der Waals surface area contributed by atoms with E-state index in [0.717, 1.165) is 0 Å². The number of ether oxygens (including phenoxy) is 1. The highest BCUT2D eigenvalue weighted by molar-refractivity contribution is 6.06. The van der Waals surface area contributed by atoms with Gasteiger partial charge in [0.05, 0.1) is 16.6 Å². The van der Waals surface area contributed by atoms with E-state index < -0.39 is 23.7 Å². The van der Waals surface area contributed by atoms with Gasteiger partial charge in [0.15, 0.2) is 11.8 Å². The first-order chi connectivity index (χ1) is 12.3. The molecule has 1 aromatic carbocycles. The first-order valence-corrected chi connectivity index (χ1v) is 8.09. The second kappa shape index (κ2) is 6.67. The molecule has 26 heavy (non-hydrogen) atoms. The maximum Gasteiger partial charge on any atom is 0.339 e.